The van der Waals surface area contributed by atoms with Gasteiger partial charge in [0.05, 0.1) is 0 Å². The second-order valence-electron chi connectivity index (χ2n) is 5.99. The van der Waals surface area contributed by atoms with Gasteiger partial charge >= 0.3 is 0 Å². The molecule has 2 nitrogen and oxygen atoms in total. The zero-order valence-corrected chi connectivity index (χ0v) is 12.0. The van der Waals surface area contributed by atoms with E-state index in [0.717, 1.165) is 17.7 Å². The second-order valence-corrected chi connectivity index (χ2v) is 5.99. The maximum atomic E-state index is 5.57. The highest BCUT2D eigenvalue weighted by atomic mass is 14.7. The lowest BCUT2D eigenvalue weighted by molar-refractivity contribution is 0.590. The van der Waals surface area contributed by atoms with Crippen LogP contribution in [0.1, 0.15) is 43.2 Å². The van der Waals surface area contributed by atoms with Gasteiger partial charge in [-0.15, -0.1) is 0 Å². The molecule has 0 radical (unpaired) electrons. The molecule has 0 spiro atoms. The number of nitrogens with zero attached hydrogens (tertiary/aromatic N) is 1. The maximum Gasteiger partial charge on any atom is 0.0447 e. The normalized spacial score (nSPS) is 11.6. The zero-order valence-electron chi connectivity index (χ0n) is 12.0. The molecule has 0 saturated carbocycles. The van der Waals surface area contributed by atoms with Crippen LogP contribution in [0.25, 0.3) is 0 Å². The highest BCUT2D eigenvalue weighted by molar-refractivity contribution is 5.30. The standard InChI is InChI=1S/C17H22N2/c1-17(2,3)15-7-4-13(5-8-15)10-16-9-6-14(11-18)12-19-16/h4-9,12H,10-11,18H2,1-3H3. The molecule has 0 unspecified atom stereocenters. The highest BCUT2D eigenvalue weighted by Gasteiger charge is 2.12. The van der Waals surface area contributed by atoms with Crippen molar-refractivity contribution >= 4 is 0 Å². The molecular formula is C17H22N2. The lowest BCUT2D eigenvalue weighted by Gasteiger charge is -2.19. The molecule has 1 heterocycles. The van der Waals surface area contributed by atoms with Gasteiger partial charge in [-0.2, -0.15) is 0 Å². The Labute approximate surface area is 115 Å². The Morgan fingerprint density at radius 1 is 0.947 bits per heavy atom. The molecule has 0 bridgehead atoms. The van der Waals surface area contributed by atoms with E-state index in [-0.39, 0.29) is 5.41 Å². The number of aromatic nitrogens is 1. The molecular weight excluding hydrogens is 232 g/mol. The van der Waals surface area contributed by atoms with Crippen LogP contribution in [0.2, 0.25) is 0 Å². The van der Waals surface area contributed by atoms with Crippen LogP contribution in [0.4, 0.5) is 0 Å². The molecule has 2 N–H and O–H groups in total. The van der Waals surface area contributed by atoms with Crippen molar-refractivity contribution in [2.75, 3.05) is 0 Å². The minimum absolute atomic E-state index is 0.208. The van der Waals surface area contributed by atoms with Crippen LogP contribution in [0.5, 0.6) is 0 Å². The highest BCUT2D eigenvalue weighted by Crippen LogP contribution is 2.22. The lowest BCUT2D eigenvalue weighted by atomic mass is 9.86. The van der Waals surface area contributed by atoms with Gasteiger partial charge in [0, 0.05) is 24.9 Å². The molecule has 2 aromatic rings. The predicted molar refractivity (Wildman–Crippen MR) is 80.1 cm³/mol. The summed E-state index contributed by atoms with van der Waals surface area (Å²) >= 11 is 0. The molecule has 2 heteroatoms. The molecule has 0 aliphatic heterocycles. The van der Waals surface area contributed by atoms with Crippen LogP contribution >= 0.6 is 0 Å². The molecule has 100 valence electrons. The van der Waals surface area contributed by atoms with Crippen molar-refractivity contribution in [2.45, 2.75) is 39.2 Å². The number of pyridine rings is 1. The van der Waals surface area contributed by atoms with Crippen molar-refractivity contribution in [3.8, 4) is 0 Å². The number of nitrogens with two attached hydrogens (primary N) is 1. The first-order valence-electron chi connectivity index (χ1n) is 6.72. The Balaban J connectivity index is 2.10. The average molecular weight is 254 g/mol. The first-order chi connectivity index (χ1) is 8.99. The Hall–Kier alpha value is -1.67. The average Bonchev–Trinajstić information content (AvgIpc) is 2.39. The number of rotatable bonds is 3. The third-order valence-corrected chi connectivity index (χ3v) is 3.33. The van der Waals surface area contributed by atoms with Gasteiger partial charge in [0.25, 0.3) is 0 Å². The summed E-state index contributed by atoms with van der Waals surface area (Å²) in [7, 11) is 0. The molecule has 0 aliphatic rings. The van der Waals surface area contributed by atoms with Crippen LogP contribution in [0, 0.1) is 0 Å². The number of hydrogen-bond donors (Lipinski definition) is 1. The summed E-state index contributed by atoms with van der Waals surface area (Å²) < 4.78 is 0. The first-order valence-corrected chi connectivity index (χ1v) is 6.72. The van der Waals surface area contributed by atoms with Gasteiger partial charge in [0.1, 0.15) is 0 Å². The van der Waals surface area contributed by atoms with Crippen LogP contribution < -0.4 is 5.73 Å². The van der Waals surface area contributed by atoms with Crippen molar-refractivity contribution < 1.29 is 0 Å². The molecule has 1 aromatic heterocycles. The summed E-state index contributed by atoms with van der Waals surface area (Å²) in [6, 6.07) is 12.9. The largest absolute Gasteiger partial charge is 0.326 e. The quantitative estimate of drug-likeness (QED) is 0.911. The van der Waals surface area contributed by atoms with Crippen LogP contribution in [-0.2, 0) is 18.4 Å². The summed E-state index contributed by atoms with van der Waals surface area (Å²) in [6.07, 6.45) is 2.73. The Morgan fingerprint density at radius 2 is 1.58 bits per heavy atom. The summed E-state index contributed by atoms with van der Waals surface area (Å²) in [5, 5.41) is 0. The van der Waals surface area contributed by atoms with Crippen molar-refractivity contribution in [1.82, 2.24) is 4.98 Å². The van der Waals surface area contributed by atoms with Crippen molar-refractivity contribution in [1.29, 1.82) is 0 Å². The van der Waals surface area contributed by atoms with Crippen LogP contribution in [-0.4, -0.2) is 4.98 Å². The van der Waals surface area contributed by atoms with E-state index in [4.69, 9.17) is 5.73 Å². The van der Waals surface area contributed by atoms with Gasteiger partial charge in [-0.3, -0.25) is 4.98 Å². The van der Waals surface area contributed by atoms with E-state index in [2.05, 4.69) is 56.1 Å². The summed E-state index contributed by atoms with van der Waals surface area (Å²) in [4.78, 5) is 4.44. The first kappa shape index (κ1) is 13.8. The lowest BCUT2D eigenvalue weighted by Crippen LogP contribution is -2.10. The Bertz CT molecular complexity index is 519. The van der Waals surface area contributed by atoms with E-state index in [1.807, 2.05) is 12.3 Å². The van der Waals surface area contributed by atoms with E-state index in [9.17, 15) is 0 Å². The van der Waals surface area contributed by atoms with E-state index in [0.29, 0.717) is 6.54 Å². The Morgan fingerprint density at radius 3 is 2.05 bits per heavy atom. The van der Waals surface area contributed by atoms with Gasteiger partial charge in [-0.05, 0) is 28.2 Å². The Kier molecular flexibility index (Phi) is 4.01. The molecule has 0 atom stereocenters. The molecule has 19 heavy (non-hydrogen) atoms. The maximum absolute atomic E-state index is 5.57. The van der Waals surface area contributed by atoms with Gasteiger partial charge in [-0.1, -0.05) is 51.1 Å². The fraction of sp³-hybridized carbons (Fsp3) is 0.353. The van der Waals surface area contributed by atoms with Gasteiger partial charge in [0.15, 0.2) is 0 Å². The molecule has 0 aliphatic carbocycles. The SMILES string of the molecule is CC(C)(C)c1ccc(Cc2ccc(CN)cn2)cc1. The zero-order chi connectivity index (χ0) is 13.9. The predicted octanol–water partition coefficient (Wildman–Crippen LogP) is 3.43. The molecule has 0 fully saturated rings. The van der Waals surface area contributed by atoms with Crippen LogP contribution in [0.15, 0.2) is 42.6 Å². The van der Waals surface area contributed by atoms with E-state index in [1.165, 1.54) is 11.1 Å². The monoisotopic (exact) mass is 254 g/mol. The minimum Gasteiger partial charge on any atom is -0.326 e. The van der Waals surface area contributed by atoms with Gasteiger partial charge in [-0.25, -0.2) is 0 Å². The van der Waals surface area contributed by atoms with Crippen molar-refractivity contribution in [2.24, 2.45) is 5.73 Å². The number of hydrogen-bond acceptors (Lipinski definition) is 2. The molecule has 2 rings (SSSR count). The fourth-order valence-electron chi connectivity index (χ4n) is 2.01. The minimum atomic E-state index is 0.208. The topological polar surface area (TPSA) is 38.9 Å². The molecule has 0 amide bonds. The summed E-state index contributed by atoms with van der Waals surface area (Å²) in [6.45, 7) is 7.24. The smallest absolute Gasteiger partial charge is 0.0447 e. The van der Waals surface area contributed by atoms with E-state index in [1.54, 1.807) is 0 Å². The molecule has 0 saturated heterocycles. The van der Waals surface area contributed by atoms with Crippen LogP contribution in [0.3, 0.4) is 0 Å². The summed E-state index contributed by atoms with van der Waals surface area (Å²) in [5.74, 6) is 0. The van der Waals surface area contributed by atoms with E-state index >= 15 is 0 Å². The van der Waals surface area contributed by atoms with Crippen molar-refractivity contribution in [3.05, 3.63) is 65.0 Å². The third-order valence-electron chi connectivity index (χ3n) is 3.33. The van der Waals surface area contributed by atoms with Gasteiger partial charge < -0.3 is 5.73 Å². The van der Waals surface area contributed by atoms with Gasteiger partial charge in [0.2, 0.25) is 0 Å². The summed E-state index contributed by atoms with van der Waals surface area (Å²) in [5.41, 5.74) is 10.6. The third kappa shape index (κ3) is 3.65. The number of benzene rings is 1. The molecule has 1 aromatic carbocycles. The second kappa shape index (κ2) is 5.54. The van der Waals surface area contributed by atoms with E-state index < -0.39 is 0 Å². The fourth-order valence-corrected chi connectivity index (χ4v) is 2.01. The van der Waals surface area contributed by atoms with Crippen molar-refractivity contribution in [3.63, 3.8) is 0 Å².